The van der Waals surface area contributed by atoms with Gasteiger partial charge >= 0.3 is 5.97 Å². The first-order valence-electron chi connectivity index (χ1n) is 10.4. The van der Waals surface area contributed by atoms with Crippen LogP contribution in [0.4, 0.5) is 5.69 Å². The van der Waals surface area contributed by atoms with Gasteiger partial charge in [-0.05, 0) is 56.0 Å². The van der Waals surface area contributed by atoms with Crippen molar-refractivity contribution < 1.29 is 22.7 Å². The molecule has 0 saturated carbocycles. The molecule has 8 heteroatoms. The second kappa shape index (κ2) is 8.09. The number of benzene rings is 2. The molecule has 164 valence electrons. The number of nitrogens with one attached hydrogen (secondary N) is 1. The topological polar surface area (TPSA) is 92.8 Å². The molecule has 1 amide bonds. The van der Waals surface area contributed by atoms with Gasteiger partial charge in [-0.2, -0.15) is 4.31 Å². The number of hydrogen-bond acceptors (Lipinski definition) is 5. The van der Waals surface area contributed by atoms with Gasteiger partial charge in [0.05, 0.1) is 10.5 Å². The van der Waals surface area contributed by atoms with Crippen LogP contribution in [0.1, 0.15) is 47.7 Å². The Morgan fingerprint density at radius 2 is 1.81 bits per heavy atom. The largest absolute Gasteiger partial charge is 0.445 e. The van der Waals surface area contributed by atoms with Crippen LogP contribution >= 0.6 is 0 Å². The van der Waals surface area contributed by atoms with Gasteiger partial charge < -0.3 is 10.1 Å². The predicted molar refractivity (Wildman–Crippen MR) is 116 cm³/mol. The molecule has 1 atom stereocenters. The fourth-order valence-corrected chi connectivity index (χ4v) is 5.61. The number of sulfonamides is 1. The summed E-state index contributed by atoms with van der Waals surface area (Å²) < 4.78 is 33.0. The number of esters is 1. The van der Waals surface area contributed by atoms with Crippen molar-refractivity contribution >= 4 is 27.6 Å². The highest BCUT2D eigenvalue weighted by Crippen LogP contribution is 2.31. The fraction of sp³-hybridized carbons (Fsp3) is 0.391. The lowest BCUT2D eigenvalue weighted by atomic mass is 9.89. The van der Waals surface area contributed by atoms with Crippen LogP contribution in [0.2, 0.25) is 0 Å². The van der Waals surface area contributed by atoms with Gasteiger partial charge in [-0.3, -0.25) is 4.79 Å². The lowest BCUT2D eigenvalue weighted by Crippen LogP contribution is -2.49. The summed E-state index contributed by atoms with van der Waals surface area (Å²) in [5, 5.41) is 2.79. The normalized spacial score (nSPS) is 21.8. The van der Waals surface area contributed by atoms with Gasteiger partial charge in [0, 0.05) is 25.2 Å². The molecule has 1 unspecified atom stereocenters. The monoisotopic (exact) mass is 442 g/mol. The van der Waals surface area contributed by atoms with E-state index in [2.05, 4.69) is 5.32 Å². The fourth-order valence-electron chi connectivity index (χ4n) is 4.06. The number of carbonyl (C=O) groups excluding carboxylic acids is 2. The minimum Gasteiger partial charge on any atom is -0.445 e. The van der Waals surface area contributed by atoms with E-state index in [1.54, 1.807) is 44.2 Å². The molecule has 2 aromatic carbocycles. The number of amides is 1. The third-order valence-corrected chi connectivity index (χ3v) is 7.87. The Balaban J connectivity index is 1.59. The quantitative estimate of drug-likeness (QED) is 0.734. The van der Waals surface area contributed by atoms with Gasteiger partial charge in [-0.15, -0.1) is 0 Å². The molecule has 4 rings (SSSR count). The number of ether oxygens (including phenoxy) is 1. The lowest BCUT2D eigenvalue weighted by Gasteiger charge is -2.33. The summed E-state index contributed by atoms with van der Waals surface area (Å²) in [4.78, 5) is 25.7. The van der Waals surface area contributed by atoms with Crippen molar-refractivity contribution in [2.75, 3.05) is 18.4 Å². The van der Waals surface area contributed by atoms with E-state index in [1.165, 1.54) is 10.4 Å². The molecule has 2 aromatic rings. The zero-order valence-electron chi connectivity index (χ0n) is 17.7. The highest BCUT2D eigenvalue weighted by Gasteiger charge is 2.42. The van der Waals surface area contributed by atoms with Crippen LogP contribution in [0, 0.1) is 6.92 Å². The van der Waals surface area contributed by atoms with Crippen molar-refractivity contribution in [3.05, 3.63) is 59.2 Å². The molecular formula is C23H26N2O5S. The first kappa shape index (κ1) is 21.5. The van der Waals surface area contributed by atoms with Crippen LogP contribution in [-0.4, -0.2) is 43.3 Å². The third kappa shape index (κ3) is 4.09. The maximum atomic E-state index is 13.1. The summed E-state index contributed by atoms with van der Waals surface area (Å²) >= 11 is 0. The standard InChI is InChI=1S/C23H26N2O5S/c1-16-10-11-18(31(28,29)25-12-6-3-7-13-25)14-20(16)24-22(27)23(2)15-17-8-4-5-9-19(17)21(26)30-23/h4-5,8-11,14H,3,6-7,12-13,15H2,1-2H3,(H,24,27). The summed E-state index contributed by atoms with van der Waals surface area (Å²) in [6.07, 6.45) is 2.97. The highest BCUT2D eigenvalue weighted by atomic mass is 32.2. The predicted octanol–water partition coefficient (Wildman–Crippen LogP) is 3.28. The van der Waals surface area contributed by atoms with Crippen molar-refractivity contribution in [3.63, 3.8) is 0 Å². The van der Waals surface area contributed by atoms with Gasteiger partial charge in [0.2, 0.25) is 10.0 Å². The van der Waals surface area contributed by atoms with E-state index in [0.29, 0.717) is 24.3 Å². The third-order valence-electron chi connectivity index (χ3n) is 5.97. The zero-order chi connectivity index (χ0) is 22.2. The smallest absolute Gasteiger partial charge is 0.339 e. The molecule has 1 N–H and O–H groups in total. The van der Waals surface area contributed by atoms with E-state index in [-0.39, 0.29) is 11.3 Å². The SMILES string of the molecule is Cc1ccc(S(=O)(=O)N2CCCCC2)cc1NC(=O)C1(C)Cc2ccccc2C(=O)O1. The van der Waals surface area contributed by atoms with Gasteiger partial charge in [-0.1, -0.05) is 30.7 Å². The first-order valence-corrected chi connectivity index (χ1v) is 11.9. The Hall–Kier alpha value is -2.71. The van der Waals surface area contributed by atoms with Crippen LogP contribution in [-0.2, 0) is 26.0 Å². The Kier molecular flexibility index (Phi) is 5.61. The second-order valence-corrected chi connectivity index (χ2v) is 10.3. The Bertz CT molecular complexity index is 1140. The zero-order valence-corrected chi connectivity index (χ0v) is 18.5. The molecule has 31 heavy (non-hydrogen) atoms. The van der Waals surface area contributed by atoms with E-state index in [9.17, 15) is 18.0 Å². The average Bonchev–Trinajstić information content (AvgIpc) is 2.75. The van der Waals surface area contributed by atoms with E-state index in [0.717, 1.165) is 30.4 Å². The number of aryl methyl sites for hydroxylation is 1. The van der Waals surface area contributed by atoms with Gasteiger partial charge in [-0.25, -0.2) is 13.2 Å². The van der Waals surface area contributed by atoms with E-state index < -0.39 is 27.5 Å². The van der Waals surface area contributed by atoms with Crippen LogP contribution in [0.5, 0.6) is 0 Å². The summed E-state index contributed by atoms with van der Waals surface area (Å²) in [5.74, 6) is -1.04. The summed E-state index contributed by atoms with van der Waals surface area (Å²) in [7, 11) is -3.63. The molecule has 0 spiro atoms. The molecule has 7 nitrogen and oxygen atoms in total. The minimum absolute atomic E-state index is 0.145. The molecule has 2 heterocycles. The van der Waals surface area contributed by atoms with Gasteiger partial charge in [0.1, 0.15) is 0 Å². The van der Waals surface area contributed by atoms with Crippen LogP contribution in [0.25, 0.3) is 0 Å². The number of rotatable bonds is 4. The number of cyclic esters (lactones) is 1. The van der Waals surface area contributed by atoms with Crippen LogP contribution < -0.4 is 5.32 Å². The molecule has 0 radical (unpaired) electrons. The van der Waals surface area contributed by atoms with Gasteiger partial charge in [0.25, 0.3) is 5.91 Å². The molecule has 2 aliphatic rings. The maximum absolute atomic E-state index is 13.1. The average molecular weight is 443 g/mol. The summed E-state index contributed by atoms with van der Waals surface area (Å²) in [6, 6.07) is 11.8. The maximum Gasteiger partial charge on any atom is 0.339 e. The molecule has 1 fully saturated rings. The Labute approximate surface area is 182 Å². The van der Waals surface area contributed by atoms with E-state index in [1.807, 2.05) is 6.07 Å². The summed E-state index contributed by atoms with van der Waals surface area (Å²) in [6.45, 7) is 4.37. The Morgan fingerprint density at radius 1 is 1.10 bits per heavy atom. The van der Waals surface area contributed by atoms with Crippen molar-refractivity contribution in [2.24, 2.45) is 0 Å². The van der Waals surface area contributed by atoms with E-state index >= 15 is 0 Å². The molecular weight excluding hydrogens is 416 g/mol. The van der Waals surface area contributed by atoms with Crippen molar-refractivity contribution in [1.29, 1.82) is 0 Å². The molecule has 0 aromatic heterocycles. The first-order chi connectivity index (χ1) is 14.7. The molecule has 2 aliphatic heterocycles. The van der Waals surface area contributed by atoms with Crippen LogP contribution in [0.3, 0.4) is 0 Å². The number of nitrogens with zero attached hydrogens (tertiary/aromatic N) is 1. The van der Waals surface area contributed by atoms with Crippen LogP contribution in [0.15, 0.2) is 47.4 Å². The van der Waals surface area contributed by atoms with Crippen molar-refractivity contribution in [1.82, 2.24) is 4.31 Å². The summed E-state index contributed by atoms with van der Waals surface area (Å²) in [5.41, 5.74) is 0.920. The lowest BCUT2D eigenvalue weighted by molar-refractivity contribution is -0.134. The van der Waals surface area contributed by atoms with E-state index in [4.69, 9.17) is 4.74 Å². The minimum atomic E-state index is -3.63. The molecule has 0 bridgehead atoms. The number of carbonyl (C=O) groups is 2. The molecule has 0 aliphatic carbocycles. The second-order valence-electron chi connectivity index (χ2n) is 8.35. The van der Waals surface area contributed by atoms with Crippen molar-refractivity contribution in [3.8, 4) is 0 Å². The van der Waals surface area contributed by atoms with Crippen molar-refractivity contribution in [2.45, 2.75) is 50.0 Å². The molecule has 1 saturated heterocycles. The number of hydrogen-bond donors (Lipinski definition) is 1. The number of fused-ring (bicyclic) bond motifs is 1. The Morgan fingerprint density at radius 3 is 2.55 bits per heavy atom. The number of anilines is 1. The highest BCUT2D eigenvalue weighted by molar-refractivity contribution is 7.89. The van der Waals surface area contributed by atoms with Gasteiger partial charge in [0.15, 0.2) is 5.60 Å². The number of piperidine rings is 1.